The minimum Gasteiger partial charge on any atom is -0.301 e. The monoisotopic (exact) mass is 159 g/mol. The SMILES string of the molecule is CCC1(C=O)CSC(C)N1. The van der Waals surface area contributed by atoms with E-state index in [1.54, 1.807) is 0 Å². The van der Waals surface area contributed by atoms with Crippen LogP contribution in [0, 0.1) is 0 Å². The molecule has 0 aliphatic carbocycles. The highest BCUT2D eigenvalue weighted by atomic mass is 32.2. The highest BCUT2D eigenvalue weighted by molar-refractivity contribution is 8.00. The van der Waals surface area contributed by atoms with Gasteiger partial charge < -0.3 is 4.79 Å². The molecular weight excluding hydrogens is 146 g/mol. The molecule has 0 aromatic carbocycles. The Bertz CT molecular complexity index is 140. The van der Waals surface area contributed by atoms with Crippen LogP contribution in [0.15, 0.2) is 0 Å². The van der Waals surface area contributed by atoms with Crippen LogP contribution in [0.5, 0.6) is 0 Å². The molecule has 1 rings (SSSR count). The summed E-state index contributed by atoms with van der Waals surface area (Å²) in [6.07, 6.45) is 1.94. The summed E-state index contributed by atoms with van der Waals surface area (Å²) < 4.78 is 0. The summed E-state index contributed by atoms with van der Waals surface area (Å²) in [7, 11) is 0. The van der Waals surface area contributed by atoms with Gasteiger partial charge in [-0.3, -0.25) is 5.32 Å². The lowest BCUT2D eigenvalue weighted by Gasteiger charge is -2.19. The Labute approximate surface area is 65.8 Å². The molecule has 1 N–H and O–H groups in total. The number of hydrogen-bond acceptors (Lipinski definition) is 3. The summed E-state index contributed by atoms with van der Waals surface area (Å²) in [5.74, 6) is 0.925. The standard InChI is InChI=1S/C7H13NOS/c1-3-7(4-9)5-10-6(2)8-7/h4,6,8H,3,5H2,1-2H3. The van der Waals surface area contributed by atoms with Gasteiger partial charge in [-0.05, 0) is 13.3 Å². The third-order valence-electron chi connectivity index (χ3n) is 1.94. The van der Waals surface area contributed by atoms with Gasteiger partial charge in [0, 0.05) is 5.75 Å². The van der Waals surface area contributed by atoms with Gasteiger partial charge in [-0.1, -0.05) is 6.92 Å². The Balaban J connectivity index is 2.59. The quantitative estimate of drug-likeness (QED) is 0.610. The second kappa shape index (κ2) is 2.93. The molecule has 0 spiro atoms. The maximum atomic E-state index is 10.6. The maximum Gasteiger partial charge on any atom is 0.140 e. The van der Waals surface area contributed by atoms with Crippen LogP contribution >= 0.6 is 11.8 Å². The van der Waals surface area contributed by atoms with Gasteiger partial charge in [0.25, 0.3) is 0 Å². The molecule has 1 fully saturated rings. The lowest BCUT2D eigenvalue weighted by atomic mass is 10.0. The molecule has 0 aromatic heterocycles. The molecule has 2 atom stereocenters. The molecule has 3 heteroatoms. The summed E-state index contributed by atoms with van der Waals surface area (Å²) in [6.45, 7) is 4.13. The van der Waals surface area contributed by atoms with E-state index in [1.165, 1.54) is 0 Å². The van der Waals surface area contributed by atoms with Gasteiger partial charge in [0.15, 0.2) is 0 Å². The summed E-state index contributed by atoms with van der Waals surface area (Å²) in [6, 6.07) is 0. The highest BCUT2D eigenvalue weighted by Gasteiger charge is 2.35. The van der Waals surface area contributed by atoms with E-state index in [0.717, 1.165) is 18.5 Å². The number of aldehydes is 1. The fourth-order valence-corrected chi connectivity index (χ4v) is 2.34. The van der Waals surface area contributed by atoms with Crippen molar-refractivity contribution in [2.45, 2.75) is 31.2 Å². The van der Waals surface area contributed by atoms with Crippen molar-refractivity contribution in [3.05, 3.63) is 0 Å². The molecule has 2 nitrogen and oxygen atoms in total. The molecule has 1 aliphatic heterocycles. The van der Waals surface area contributed by atoms with Crippen LogP contribution in [0.4, 0.5) is 0 Å². The summed E-state index contributed by atoms with van der Waals surface area (Å²) >= 11 is 1.81. The minimum atomic E-state index is -0.218. The fraction of sp³-hybridized carbons (Fsp3) is 0.857. The number of carbonyl (C=O) groups is 1. The van der Waals surface area contributed by atoms with Crippen molar-refractivity contribution < 1.29 is 4.79 Å². The lowest BCUT2D eigenvalue weighted by Crippen LogP contribution is -2.45. The van der Waals surface area contributed by atoms with Crippen molar-refractivity contribution in [3.63, 3.8) is 0 Å². The topological polar surface area (TPSA) is 29.1 Å². The first-order valence-electron chi connectivity index (χ1n) is 3.58. The van der Waals surface area contributed by atoms with E-state index in [1.807, 2.05) is 18.7 Å². The van der Waals surface area contributed by atoms with Crippen LogP contribution in [0.2, 0.25) is 0 Å². The van der Waals surface area contributed by atoms with E-state index in [0.29, 0.717) is 5.37 Å². The van der Waals surface area contributed by atoms with E-state index in [2.05, 4.69) is 12.2 Å². The smallest absolute Gasteiger partial charge is 0.140 e. The molecule has 0 saturated carbocycles. The molecule has 0 aromatic rings. The zero-order chi connectivity index (χ0) is 7.61. The van der Waals surface area contributed by atoms with Crippen LogP contribution in [0.1, 0.15) is 20.3 Å². The van der Waals surface area contributed by atoms with E-state index in [-0.39, 0.29) is 5.54 Å². The van der Waals surface area contributed by atoms with Crippen molar-refractivity contribution in [2.75, 3.05) is 5.75 Å². The number of rotatable bonds is 2. The van der Waals surface area contributed by atoms with Crippen LogP contribution in [-0.4, -0.2) is 23.0 Å². The normalized spacial score (nSPS) is 40.0. The van der Waals surface area contributed by atoms with Crippen LogP contribution in [0.25, 0.3) is 0 Å². The number of hydrogen-bond donors (Lipinski definition) is 1. The number of carbonyl (C=O) groups excluding carboxylic acids is 1. The minimum absolute atomic E-state index is 0.218. The predicted molar refractivity (Wildman–Crippen MR) is 44.1 cm³/mol. The summed E-state index contributed by atoms with van der Waals surface area (Å²) in [4.78, 5) is 10.6. The Morgan fingerprint density at radius 1 is 1.90 bits per heavy atom. The van der Waals surface area contributed by atoms with Gasteiger partial charge in [-0.25, -0.2) is 0 Å². The summed E-state index contributed by atoms with van der Waals surface area (Å²) in [5, 5.41) is 3.70. The van der Waals surface area contributed by atoms with E-state index in [9.17, 15) is 4.79 Å². The zero-order valence-electron chi connectivity index (χ0n) is 6.39. The Kier molecular flexibility index (Phi) is 2.36. The molecule has 0 amide bonds. The van der Waals surface area contributed by atoms with Crippen molar-refractivity contribution in [1.82, 2.24) is 5.32 Å². The van der Waals surface area contributed by atoms with Crippen LogP contribution in [-0.2, 0) is 4.79 Å². The molecule has 10 heavy (non-hydrogen) atoms. The molecule has 58 valence electrons. The third-order valence-corrected chi connectivity index (χ3v) is 3.24. The maximum absolute atomic E-state index is 10.6. The molecule has 2 unspecified atom stereocenters. The molecule has 0 bridgehead atoms. The average molecular weight is 159 g/mol. The first kappa shape index (κ1) is 8.08. The fourth-order valence-electron chi connectivity index (χ4n) is 1.12. The largest absolute Gasteiger partial charge is 0.301 e. The van der Waals surface area contributed by atoms with Crippen molar-refractivity contribution in [1.29, 1.82) is 0 Å². The van der Waals surface area contributed by atoms with Crippen molar-refractivity contribution in [2.24, 2.45) is 0 Å². The molecule has 1 aliphatic rings. The van der Waals surface area contributed by atoms with E-state index < -0.39 is 0 Å². The average Bonchev–Trinajstić information content (AvgIpc) is 2.33. The van der Waals surface area contributed by atoms with Gasteiger partial charge in [0.2, 0.25) is 0 Å². The van der Waals surface area contributed by atoms with Gasteiger partial charge in [-0.2, -0.15) is 0 Å². The van der Waals surface area contributed by atoms with Crippen molar-refractivity contribution >= 4 is 18.0 Å². The Morgan fingerprint density at radius 2 is 2.60 bits per heavy atom. The van der Waals surface area contributed by atoms with Gasteiger partial charge in [-0.15, -0.1) is 11.8 Å². The second-order valence-corrected chi connectivity index (χ2v) is 4.05. The number of nitrogens with one attached hydrogen (secondary N) is 1. The van der Waals surface area contributed by atoms with Crippen LogP contribution < -0.4 is 5.32 Å². The van der Waals surface area contributed by atoms with Gasteiger partial charge >= 0.3 is 0 Å². The predicted octanol–water partition coefficient (Wildman–Crippen LogP) is 1.02. The first-order valence-corrected chi connectivity index (χ1v) is 4.63. The first-order chi connectivity index (χ1) is 4.72. The zero-order valence-corrected chi connectivity index (χ0v) is 7.20. The lowest BCUT2D eigenvalue weighted by molar-refractivity contribution is -0.112. The molecule has 0 radical (unpaired) electrons. The molecular formula is C7H13NOS. The Hall–Kier alpha value is -0.0200. The number of thioether (sulfide) groups is 1. The van der Waals surface area contributed by atoms with Gasteiger partial charge in [0.1, 0.15) is 6.29 Å². The second-order valence-electron chi connectivity index (χ2n) is 2.73. The summed E-state index contributed by atoms with van der Waals surface area (Å²) in [5.41, 5.74) is -0.218. The molecule has 1 heterocycles. The Morgan fingerprint density at radius 3 is 2.80 bits per heavy atom. The van der Waals surface area contributed by atoms with E-state index >= 15 is 0 Å². The van der Waals surface area contributed by atoms with E-state index in [4.69, 9.17) is 0 Å². The molecule has 1 saturated heterocycles. The van der Waals surface area contributed by atoms with Crippen LogP contribution in [0.3, 0.4) is 0 Å². The van der Waals surface area contributed by atoms with Crippen molar-refractivity contribution in [3.8, 4) is 0 Å². The highest BCUT2D eigenvalue weighted by Crippen LogP contribution is 2.27. The third kappa shape index (κ3) is 1.35. The van der Waals surface area contributed by atoms with Gasteiger partial charge in [0.05, 0.1) is 10.9 Å².